The highest BCUT2D eigenvalue weighted by Gasteiger charge is 2.12. The van der Waals surface area contributed by atoms with Crippen LogP contribution in [-0.2, 0) is 13.2 Å². The van der Waals surface area contributed by atoms with Crippen molar-refractivity contribution in [2.75, 3.05) is 0 Å². The van der Waals surface area contributed by atoms with Crippen LogP contribution in [0, 0.1) is 17.1 Å². The number of benzene rings is 3. The lowest BCUT2D eigenvalue weighted by molar-refractivity contribution is 0.278. The first kappa shape index (κ1) is 16.5. The summed E-state index contributed by atoms with van der Waals surface area (Å²) >= 11 is 0. The number of nitrogens with zero attached hydrogens (tertiary/aromatic N) is 1. The van der Waals surface area contributed by atoms with Crippen LogP contribution in [0.25, 0.3) is 0 Å². The minimum absolute atomic E-state index is 0.0610. The summed E-state index contributed by atoms with van der Waals surface area (Å²) in [5.41, 5.74) is 2.03. The summed E-state index contributed by atoms with van der Waals surface area (Å²) in [6.07, 6.45) is 0. The molecule has 0 bridgehead atoms. The maximum atomic E-state index is 14.2. The van der Waals surface area contributed by atoms with Gasteiger partial charge in [0.1, 0.15) is 25.0 Å². The molecule has 3 aromatic rings. The second-order valence-electron chi connectivity index (χ2n) is 5.44. The minimum atomic E-state index is -0.584. The van der Waals surface area contributed by atoms with Gasteiger partial charge in [-0.25, -0.2) is 4.39 Å². The van der Waals surface area contributed by atoms with Crippen molar-refractivity contribution in [2.24, 2.45) is 0 Å². The van der Waals surface area contributed by atoms with Gasteiger partial charge in [0.15, 0.2) is 11.6 Å². The first-order valence-corrected chi connectivity index (χ1v) is 7.83. The Bertz CT molecular complexity index is 874. The van der Waals surface area contributed by atoms with Gasteiger partial charge in [-0.05, 0) is 17.2 Å². The fourth-order valence-corrected chi connectivity index (χ4v) is 2.32. The Hall–Kier alpha value is -3.32. The molecule has 0 amide bonds. The molecule has 3 nitrogen and oxygen atoms in total. The molecule has 0 aliphatic heterocycles. The Labute approximate surface area is 145 Å². The summed E-state index contributed by atoms with van der Waals surface area (Å²) < 4.78 is 25.4. The van der Waals surface area contributed by atoms with E-state index in [4.69, 9.17) is 9.47 Å². The number of hydrogen-bond acceptors (Lipinski definition) is 3. The molecule has 0 spiro atoms. The smallest absolute Gasteiger partial charge is 0.166 e. The zero-order valence-corrected chi connectivity index (χ0v) is 13.5. The molecule has 124 valence electrons. The summed E-state index contributed by atoms with van der Waals surface area (Å²) in [5, 5.41) is 9.20. The van der Waals surface area contributed by atoms with Crippen molar-refractivity contribution in [2.45, 2.75) is 13.2 Å². The highest BCUT2D eigenvalue weighted by Crippen LogP contribution is 2.29. The number of rotatable bonds is 6. The van der Waals surface area contributed by atoms with Crippen LogP contribution in [0.15, 0.2) is 72.8 Å². The van der Waals surface area contributed by atoms with Crippen LogP contribution in [0.3, 0.4) is 0 Å². The molecular formula is C21H16FNO2. The molecule has 0 saturated heterocycles. The Morgan fingerprint density at radius 3 is 1.80 bits per heavy atom. The summed E-state index contributed by atoms with van der Waals surface area (Å²) in [5.74, 6) is -0.221. The molecule has 0 aromatic heterocycles. The maximum absolute atomic E-state index is 14.2. The topological polar surface area (TPSA) is 42.2 Å². The van der Waals surface area contributed by atoms with E-state index in [-0.39, 0.29) is 17.9 Å². The molecule has 3 rings (SSSR count). The Kier molecular flexibility index (Phi) is 5.28. The van der Waals surface area contributed by atoms with E-state index >= 15 is 0 Å². The van der Waals surface area contributed by atoms with Gasteiger partial charge < -0.3 is 9.47 Å². The second kappa shape index (κ2) is 7.98. The minimum Gasteiger partial charge on any atom is -0.487 e. The first-order valence-electron chi connectivity index (χ1n) is 7.83. The van der Waals surface area contributed by atoms with Crippen molar-refractivity contribution in [1.29, 1.82) is 5.26 Å². The SMILES string of the molecule is N#Cc1cc(F)c(OCc2ccccc2)cc1OCc1ccccc1. The molecular weight excluding hydrogens is 317 g/mol. The summed E-state index contributed by atoms with van der Waals surface area (Å²) in [4.78, 5) is 0. The molecule has 0 heterocycles. The Morgan fingerprint density at radius 2 is 1.28 bits per heavy atom. The van der Waals surface area contributed by atoms with E-state index in [1.165, 1.54) is 6.07 Å². The molecule has 0 N–H and O–H groups in total. The highest BCUT2D eigenvalue weighted by atomic mass is 19.1. The van der Waals surface area contributed by atoms with Gasteiger partial charge in [-0.15, -0.1) is 0 Å². The van der Waals surface area contributed by atoms with Crippen LogP contribution < -0.4 is 9.47 Å². The molecule has 0 saturated carbocycles. The van der Waals surface area contributed by atoms with Crippen molar-refractivity contribution in [3.63, 3.8) is 0 Å². The quantitative estimate of drug-likeness (QED) is 0.647. The van der Waals surface area contributed by atoms with Crippen molar-refractivity contribution >= 4 is 0 Å². The van der Waals surface area contributed by atoms with E-state index in [9.17, 15) is 9.65 Å². The van der Waals surface area contributed by atoms with Crippen molar-refractivity contribution in [3.05, 3.63) is 95.3 Å². The van der Waals surface area contributed by atoms with Crippen molar-refractivity contribution in [1.82, 2.24) is 0 Å². The standard InChI is InChI=1S/C21H16FNO2/c22-19-11-18(13-23)20(24-14-16-7-3-1-4-8-16)12-21(19)25-15-17-9-5-2-6-10-17/h1-12H,14-15H2. The molecule has 0 aliphatic carbocycles. The first-order chi connectivity index (χ1) is 12.3. The van der Waals surface area contributed by atoms with Gasteiger partial charge in [-0.3, -0.25) is 0 Å². The van der Waals surface area contributed by atoms with E-state index in [0.29, 0.717) is 12.4 Å². The van der Waals surface area contributed by atoms with Crippen LogP contribution in [0.2, 0.25) is 0 Å². The van der Waals surface area contributed by atoms with Gasteiger partial charge in [0.2, 0.25) is 0 Å². The monoisotopic (exact) mass is 333 g/mol. The molecule has 4 heteroatoms. The summed E-state index contributed by atoms with van der Waals surface area (Å²) in [6, 6.07) is 23.6. The zero-order chi connectivity index (χ0) is 17.5. The second-order valence-corrected chi connectivity index (χ2v) is 5.44. The maximum Gasteiger partial charge on any atom is 0.166 e. The zero-order valence-electron chi connectivity index (χ0n) is 13.5. The largest absolute Gasteiger partial charge is 0.487 e. The highest BCUT2D eigenvalue weighted by molar-refractivity contribution is 5.48. The van der Waals surface area contributed by atoms with Crippen LogP contribution in [0.5, 0.6) is 11.5 Å². The third kappa shape index (κ3) is 4.36. The number of halogens is 1. The van der Waals surface area contributed by atoms with Gasteiger partial charge in [0.05, 0.1) is 5.56 Å². The van der Waals surface area contributed by atoms with Gasteiger partial charge in [0.25, 0.3) is 0 Å². The fraction of sp³-hybridized carbons (Fsp3) is 0.0952. The van der Waals surface area contributed by atoms with Crippen LogP contribution in [0.4, 0.5) is 4.39 Å². The van der Waals surface area contributed by atoms with E-state index in [1.54, 1.807) is 0 Å². The van der Waals surface area contributed by atoms with Crippen LogP contribution >= 0.6 is 0 Å². The lowest BCUT2D eigenvalue weighted by atomic mass is 10.2. The predicted octanol–water partition coefficient (Wildman–Crippen LogP) is 4.86. The summed E-state index contributed by atoms with van der Waals surface area (Å²) in [6.45, 7) is 0.529. The Balaban J connectivity index is 1.76. The van der Waals surface area contributed by atoms with Gasteiger partial charge in [-0.2, -0.15) is 5.26 Å². The van der Waals surface area contributed by atoms with Crippen molar-refractivity contribution in [3.8, 4) is 17.6 Å². The lowest BCUT2D eigenvalue weighted by Crippen LogP contribution is -2.01. The molecule has 3 aromatic carbocycles. The molecule has 0 unspecified atom stereocenters. The number of hydrogen-bond donors (Lipinski definition) is 0. The van der Waals surface area contributed by atoms with E-state index in [0.717, 1.165) is 17.2 Å². The van der Waals surface area contributed by atoms with Gasteiger partial charge >= 0.3 is 0 Å². The summed E-state index contributed by atoms with van der Waals surface area (Å²) in [7, 11) is 0. The Morgan fingerprint density at radius 1 is 0.760 bits per heavy atom. The molecule has 0 radical (unpaired) electrons. The predicted molar refractivity (Wildman–Crippen MR) is 92.7 cm³/mol. The molecule has 25 heavy (non-hydrogen) atoms. The van der Waals surface area contributed by atoms with E-state index < -0.39 is 5.82 Å². The fourth-order valence-electron chi connectivity index (χ4n) is 2.32. The van der Waals surface area contributed by atoms with E-state index in [1.807, 2.05) is 66.7 Å². The normalized spacial score (nSPS) is 10.1. The van der Waals surface area contributed by atoms with Crippen LogP contribution in [0.1, 0.15) is 16.7 Å². The van der Waals surface area contributed by atoms with Gasteiger partial charge in [-0.1, -0.05) is 60.7 Å². The van der Waals surface area contributed by atoms with Crippen molar-refractivity contribution < 1.29 is 13.9 Å². The lowest BCUT2D eigenvalue weighted by Gasteiger charge is -2.12. The van der Waals surface area contributed by atoms with E-state index in [2.05, 4.69) is 0 Å². The number of ether oxygens (including phenoxy) is 2. The number of nitriles is 1. The molecule has 0 atom stereocenters. The molecule has 0 aliphatic rings. The third-order valence-electron chi connectivity index (χ3n) is 3.63. The third-order valence-corrected chi connectivity index (χ3v) is 3.63. The van der Waals surface area contributed by atoms with Crippen LogP contribution in [-0.4, -0.2) is 0 Å². The van der Waals surface area contributed by atoms with Gasteiger partial charge in [0, 0.05) is 6.07 Å². The average Bonchev–Trinajstić information content (AvgIpc) is 2.67. The average molecular weight is 333 g/mol. The molecule has 0 fully saturated rings.